The van der Waals surface area contributed by atoms with Crippen LogP contribution in [-0.2, 0) is 4.79 Å². The molecule has 4 heteroatoms. The van der Waals surface area contributed by atoms with Crippen molar-refractivity contribution in [3.05, 3.63) is 28.8 Å². The number of ether oxygens (including phenoxy) is 1. The molecule has 0 amide bonds. The monoisotopic (exact) mass is 265 g/mol. The number of carbonyl (C=O) groups is 1. The summed E-state index contributed by atoms with van der Waals surface area (Å²) in [6.07, 6.45) is 0. The van der Waals surface area contributed by atoms with Gasteiger partial charge in [0.25, 0.3) is 0 Å². The van der Waals surface area contributed by atoms with E-state index in [0.29, 0.717) is 0 Å². The second-order valence-electron chi connectivity index (χ2n) is 5.37. The molecule has 0 bridgehead atoms. The fraction of sp³-hybridized carbons (Fsp3) is 0.533. The minimum Gasteiger partial charge on any atom is -0.544 e. The molecule has 106 valence electrons. The van der Waals surface area contributed by atoms with E-state index in [0.717, 1.165) is 22.4 Å². The highest BCUT2D eigenvalue weighted by atomic mass is 16.5. The van der Waals surface area contributed by atoms with E-state index in [9.17, 15) is 9.90 Å². The number of carboxylic acids is 1. The molecule has 0 saturated heterocycles. The molecule has 4 nitrogen and oxygen atoms in total. The van der Waals surface area contributed by atoms with E-state index in [4.69, 9.17) is 4.74 Å². The summed E-state index contributed by atoms with van der Waals surface area (Å²) in [6.45, 7) is 7.97. The Morgan fingerprint density at radius 3 is 2.05 bits per heavy atom. The lowest BCUT2D eigenvalue weighted by atomic mass is 9.78. The van der Waals surface area contributed by atoms with E-state index < -0.39 is 12.0 Å². The van der Waals surface area contributed by atoms with Crippen molar-refractivity contribution >= 4 is 5.97 Å². The van der Waals surface area contributed by atoms with Crippen molar-refractivity contribution < 1.29 is 20.4 Å². The SMILES string of the molecule is COc1cc(C)c([C@H](C(C)C)[C@@H]([NH3+])C(=O)[O-])c(C)c1. The maximum Gasteiger partial charge on any atom is 0.132 e. The molecule has 0 heterocycles. The van der Waals surface area contributed by atoms with Gasteiger partial charge < -0.3 is 20.4 Å². The first-order valence-corrected chi connectivity index (χ1v) is 6.48. The highest BCUT2D eigenvalue weighted by Crippen LogP contribution is 2.33. The Bertz CT molecular complexity index is 445. The highest BCUT2D eigenvalue weighted by Gasteiger charge is 2.30. The van der Waals surface area contributed by atoms with E-state index in [-0.39, 0.29) is 11.8 Å². The highest BCUT2D eigenvalue weighted by molar-refractivity contribution is 5.71. The average molecular weight is 265 g/mol. The third-order valence-electron chi connectivity index (χ3n) is 3.59. The van der Waals surface area contributed by atoms with Gasteiger partial charge in [-0.1, -0.05) is 13.8 Å². The predicted molar refractivity (Wildman–Crippen MR) is 71.7 cm³/mol. The lowest BCUT2D eigenvalue weighted by Crippen LogP contribution is -2.71. The first-order chi connectivity index (χ1) is 8.79. The summed E-state index contributed by atoms with van der Waals surface area (Å²) in [5, 5.41) is 11.2. The summed E-state index contributed by atoms with van der Waals surface area (Å²) in [5.41, 5.74) is 6.87. The van der Waals surface area contributed by atoms with Crippen LogP contribution in [0.1, 0.15) is 36.5 Å². The zero-order valence-electron chi connectivity index (χ0n) is 12.3. The van der Waals surface area contributed by atoms with Gasteiger partial charge in [-0.2, -0.15) is 0 Å². The van der Waals surface area contributed by atoms with Crippen LogP contribution < -0.4 is 15.6 Å². The summed E-state index contributed by atoms with van der Waals surface area (Å²) >= 11 is 0. The van der Waals surface area contributed by atoms with Gasteiger partial charge in [-0.05, 0) is 48.6 Å². The lowest BCUT2D eigenvalue weighted by Gasteiger charge is -2.29. The summed E-state index contributed by atoms with van der Waals surface area (Å²) in [7, 11) is 1.62. The Balaban J connectivity index is 3.35. The summed E-state index contributed by atoms with van der Waals surface area (Å²) < 4.78 is 5.23. The van der Waals surface area contributed by atoms with Gasteiger partial charge in [-0.3, -0.25) is 0 Å². The molecule has 0 radical (unpaired) electrons. The molecular weight excluding hydrogens is 242 g/mol. The third-order valence-corrected chi connectivity index (χ3v) is 3.59. The van der Waals surface area contributed by atoms with Crippen LogP contribution >= 0.6 is 0 Å². The molecule has 0 fully saturated rings. The van der Waals surface area contributed by atoms with Crippen LogP contribution in [0, 0.1) is 19.8 Å². The van der Waals surface area contributed by atoms with Crippen molar-refractivity contribution in [3.63, 3.8) is 0 Å². The lowest BCUT2D eigenvalue weighted by molar-refractivity contribution is -0.444. The van der Waals surface area contributed by atoms with Gasteiger partial charge in [0.1, 0.15) is 11.8 Å². The van der Waals surface area contributed by atoms with Crippen molar-refractivity contribution in [2.45, 2.75) is 39.7 Å². The van der Waals surface area contributed by atoms with Gasteiger partial charge in [0.05, 0.1) is 13.1 Å². The Morgan fingerprint density at radius 2 is 1.74 bits per heavy atom. The standard InChI is InChI=1S/C15H23NO3/c1-8(2)12(14(16)15(17)18)13-9(3)6-11(19-5)7-10(13)4/h6-8,12,14H,16H2,1-5H3,(H,17,18)/t12-,14+/m0/s1. The summed E-state index contributed by atoms with van der Waals surface area (Å²) in [6, 6.07) is 3.10. The van der Waals surface area contributed by atoms with Crippen LogP contribution in [0.2, 0.25) is 0 Å². The number of carboxylic acid groups (broad SMARTS) is 1. The molecule has 1 aromatic carbocycles. The molecule has 3 N–H and O–H groups in total. The van der Waals surface area contributed by atoms with Crippen LogP contribution in [0.4, 0.5) is 0 Å². The number of quaternary nitrogens is 1. The van der Waals surface area contributed by atoms with Gasteiger partial charge >= 0.3 is 0 Å². The molecule has 0 aromatic heterocycles. The average Bonchev–Trinajstić information content (AvgIpc) is 2.31. The molecule has 2 atom stereocenters. The third kappa shape index (κ3) is 3.26. The van der Waals surface area contributed by atoms with E-state index in [1.165, 1.54) is 0 Å². The Hall–Kier alpha value is -1.55. The first-order valence-electron chi connectivity index (χ1n) is 6.48. The first kappa shape index (κ1) is 15.5. The largest absolute Gasteiger partial charge is 0.544 e. The van der Waals surface area contributed by atoms with Gasteiger partial charge in [0.15, 0.2) is 0 Å². The van der Waals surface area contributed by atoms with Crippen LogP contribution in [0.25, 0.3) is 0 Å². The summed E-state index contributed by atoms with van der Waals surface area (Å²) in [5.74, 6) is -0.300. The number of methoxy groups -OCH3 is 1. The fourth-order valence-electron chi connectivity index (χ4n) is 2.72. The molecular formula is C15H23NO3. The van der Waals surface area contributed by atoms with Crippen LogP contribution in [0.3, 0.4) is 0 Å². The maximum absolute atomic E-state index is 11.2. The van der Waals surface area contributed by atoms with Crippen molar-refractivity contribution in [3.8, 4) is 5.75 Å². The number of hydrogen-bond acceptors (Lipinski definition) is 3. The van der Waals surface area contributed by atoms with E-state index >= 15 is 0 Å². The molecule has 1 aromatic rings. The molecule has 19 heavy (non-hydrogen) atoms. The van der Waals surface area contributed by atoms with E-state index in [1.807, 2.05) is 39.8 Å². The number of aryl methyl sites for hydroxylation is 2. The fourth-order valence-corrected chi connectivity index (χ4v) is 2.72. The second-order valence-corrected chi connectivity index (χ2v) is 5.37. The second kappa shape index (κ2) is 6.06. The predicted octanol–water partition coefficient (Wildman–Crippen LogP) is 0.412. The molecule has 0 aliphatic carbocycles. The molecule has 0 unspecified atom stereocenters. The summed E-state index contributed by atoms with van der Waals surface area (Å²) in [4.78, 5) is 11.2. The van der Waals surface area contributed by atoms with E-state index in [2.05, 4.69) is 5.73 Å². The van der Waals surface area contributed by atoms with Gasteiger partial charge in [-0.25, -0.2) is 0 Å². The minimum absolute atomic E-state index is 0.157. The van der Waals surface area contributed by atoms with Crippen molar-refractivity contribution in [2.75, 3.05) is 7.11 Å². The smallest absolute Gasteiger partial charge is 0.132 e. The zero-order chi connectivity index (χ0) is 14.7. The Morgan fingerprint density at radius 1 is 1.26 bits per heavy atom. The van der Waals surface area contributed by atoms with Crippen molar-refractivity contribution in [1.29, 1.82) is 0 Å². The maximum atomic E-state index is 11.2. The van der Waals surface area contributed by atoms with Gasteiger partial charge in [-0.15, -0.1) is 0 Å². The zero-order valence-corrected chi connectivity index (χ0v) is 12.3. The van der Waals surface area contributed by atoms with Crippen molar-refractivity contribution in [1.82, 2.24) is 0 Å². The number of carbonyl (C=O) groups excluding carboxylic acids is 1. The van der Waals surface area contributed by atoms with Gasteiger partial charge in [0, 0.05) is 5.92 Å². The molecule has 1 rings (SSSR count). The van der Waals surface area contributed by atoms with Crippen molar-refractivity contribution in [2.24, 2.45) is 5.92 Å². The normalized spacial score (nSPS) is 14.3. The Kier molecular flexibility index (Phi) is 4.95. The molecule has 0 aliphatic rings. The molecule has 0 saturated carbocycles. The van der Waals surface area contributed by atoms with Crippen LogP contribution in [-0.4, -0.2) is 19.1 Å². The molecule has 0 spiro atoms. The number of aliphatic carboxylic acids is 1. The number of rotatable bonds is 5. The quantitative estimate of drug-likeness (QED) is 0.837. The van der Waals surface area contributed by atoms with Crippen LogP contribution in [0.5, 0.6) is 5.75 Å². The Labute approximate surface area is 114 Å². The van der Waals surface area contributed by atoms with E-state index in [1.54, 1.807) is 7.11 Å². The topological polar surface area (TPSA) is 77.0 Å². The number of hydrogen-bond donors (Lipinski definition) is 1. The number of benzene rings is 1. The molecule has 0 aliphatic heterocycles. The van der Waals surface area contributed by atoms with Gasteiger partial charge in [0.2, 0.25) is 0 Å². The minimum atomic E-state index is -1.10. The van der Waals surface area contributed by atoms with Crippen LogP contribution in [0.15, 0.2) is 12.1 Å².